The van der Waals surface area contributed by atoms with Gasteiger partial charge in [-0.3, -0.25) is 9.59 Å². The van der Waals surface area contributed by atoms with Gasteiger partial charge in [0.15, 0.2) is 0 Å². The number of anilines is 2. The molecule has 0 spiro atoms. The van der Waals surface area contributed by atoms with Gasteiger partial charge >= 0.3 is 0 Å². The van der Waals surface area contributed by atoms with E-state index in [-0.39, 0.29) is 11.6 Å². The van der Waals surface area contributed by atoms with Crippen molar-refractivity contribution in [3.8, 4) is 0 Å². The number of carbonyl (C=O) groups is 2. The molecule has 4 nitrogen and oxygen atoms in total. The third kappa shape index (κ3) is 3.55. The summed E-state index contributed by atoms with van der Waals surface area (Å²) in [5.74, 6) is -0.784. The minimum Gasteiger partial charge on any atom is -0.350 e. The summed E-state index contributed by atoms with van der Waals surface area (Å²) in [6, 6.07) is 21.9. The van der Waals surface area contributed by atoms with Gasteiger partial charge in [-0.2, -0.15) is 0 Å². The third-order valence-electron chi connectivity index (χ3n) is 4.87. The van der Waals surface area contributed by atoms with Crippen molar-refractivity contribution in [2.24, 2.45) is 0 Å². The van der Waals surface area contributed by atoms with E-state index in [0.29, 0.717) is 21.8 Å². The van der Waals surface area contributed by atoms with Crippen LogP contribution in [0.4, 0.5) is 11.4 Å². The van der Waals surface area contributed by atoms with Crippen molar-refractivity contribution in [2.75, 3.05) is 10.2 Å². The maximum atomic E-state index is 13.4. The molecule has 1 heterocycles. The van der Waals surface area contributed by atoms with E-state index in [0.717, 1.165) is 16.8 Å². The second-order valence-electron chi connectivity index (χ2n) is 6.98. The van der Waals surface area contributed by atoms with Crippen LogP contribution in [-0.4, -0.2) is 11.8 Å². The fourth-order valence-electron chi connectivity index (χ4n) is 3.37. The van der Waals surface area contributed by atoms with Crippen molar-refractivity contribution in [1.29, 1.82) is 0 Å². The Morgan fingerprint density at radius 3 is 2.31 bits per heavy atom. The molecule has 0 saturated carbocycles. The van der Waals surface area contributed by atoms with Gasteiger partial charge in [0.05, 0.1) is 11.3 Å². The molecule has 0 atom stereocenters. The van der Waals surface area contributed by atoms with Crippen molar-refractivity contribution < 1.29 is 9.59 Å². The average molecular weight is 403 g/mol. The molecule has 2 amide bonds. The van der Waals surface area contributed by atoms with Gasteiger partial charge in [-0.05, 0) is 54.8 Å². The van der Waals surface area contributed by atoms with Gasteiger partial charge in [-0.25, -0.2) is 4.90 Å². The monoisotopic (exact) mass is 402 g/mol. The number of hydrogen-bond donors (Lipinski definition) is 1. The van der Waals surface area contributed by atoms with Crippen LogP contribution in [-0.2, 0) is 9.59 Å². The van der Waals surface area contributed by atoms with Crippen LogP contribution in [0.15, 0.2) is 78.5 Å². The lowest BCUT2D eigenvalue weighted by atomic mass is 10.0. The number of amides is 2. The van der Waals surface area contributed by atoms with E-state index in [1.807, 2.05) is 62.4 Å². The summed E-state index contributed by atoms with van der Waals surface area (Å²) < 4.78 is 0. The van der Waals surface area contributed by atoms with Crippen LogP contribution in [0, 0.1) is 13.8 Å². The minimum absolute atomic E-state index is 0.259. The molecule has 0 radical (unpaired) electrons. The maximum Gasteiger partial charge on any atom is 0.282 e. The summed E-state index contributed by atoms with van der Waals surface area (Å²) in [6.45, 7) is 3.94. The predicted octanol–water partition coefficient (Wildman–Crippen LogP) is 5.35. The molecule has 4 rings (SSSR count). The SMILES string of the molecule is Cc1ccc(C)c(NC2=C(c3ccccc3)C(=O)N(c3cccc(Cl)c3)C2=O)c1. The first-order valence-electron chi connectivity index (χ1n) is 9.24. The molecule has 0 fully saturated rings. The van der Waals surface area contributed by atoms with E-state index >= 15 is 0 Å². The molecule has 0 aliphatic carbocycles. The van der Waals surface area contributed by atoms with Gasteiger partial charge in [-0.1, -0.05) is 60.1 Å². The first kappa shape index (κ1) is 19.0. The van der Waals surface area contributed by atoms with Gasteiger partial charge < -0.3 is 5.32 Å². The first-order chi connectivity index (χ1) is 14.0. The smallest absolute Gasteiger partial charge is 0.282 e. The second kappa shape index (κ2) is 7.57. The molecule has 0 unspecified atom stereocenters. The summed E-state index contributed by atoms with van der Waals surface area (Å²) in [7, 11) is 0. The number of aryl methyl sites for hydroxylation is 2. The number of imide groups is 1. The Labute approximate surface area is 174 Å². The molecule has 5 heteroatoms. The molecule has 1 aliphatic heterocycles. The highest BCUT2D eigenvalue weighted by atomic mass is 35.5. The fourth-order valence-corrected chi connectivity index (χ4v) is 3.56. The van der Waals surface area contributed by atoms with Crippen molar-refractivity contribution in [3.05, 3.63) is 100 Å². The zero-order valence-corrected chi connectivity index (χ0v) is 16.8. The van der Waals surface area contributed by atoms with Gasteiger partial charge in [0.1, 0.15) is 5.70 Å². The molecule has 144 valence electrons. The molecule has 1 aliphatic rings. The Balaban J connectivity index is 1.85. The van der Waals surface area contributed by atoms with Crippen LogP contribution in [0.1, 0.15) is 16.7 Å². The lowest BCUT2D eigenvalue weighted by Gasteiger charge is -2.16. The summed E-state index contributed by atoms with van der Waals surface area (Å²) in [5.41, 5.74) is 4.57. The van der Waals surface area contributed by atoms with Crippen molar-refractivity contribution in [1.82, 2.24) is 0 Å². The van der Waals surface area contributed by atoms with Gasteiger partial charge in [0.2, 0.25) is 0 Å². The molecular formula is C24H19ClN2O2. The molecule has 0 bridgehead atoms. The first-order valence-corrected chi connectivity index (χ1v) is 9.62. The molecule has 0 aromatic heterocycles. The molecule has 3 aromatic rings. The number of nitrogens with zero attached hydrogens (tertiary/aromatic N) is 1. The van der Waals surface area contributed by atoms with Crippen molar-refractivity contribution in [2.45, 2.75) is 13.8 Å². The zero-order chi connectivity index (χ0) is 20.5. The Morgan fingerprint density at radius 1 is 0.828 bits per heavy atom. The number of carbonyl (C=O) groups excluding carboxylic acids is 2. The highest BCUT2D eigenvalue weighted by molar-refractivity contribution is 6.46. The lowest BCUT2D eigenvalue weighted by molar-refractivity contribution is -0.120. The molecule has 1 N–H and O–H groups in total. The summed E-state index contributed by atoms with van der Waals surface area (Å²) in [5, 5.41) is 3.69. The highest BCUT2D eigenvalue weighted by Gasteiger charge is 2.40. The number of hydrogen-bond acceptors (Lipinski definition) is 3. The topological polar surface area (TPSA) is 49.4 Å². The van der Waals surface area contributed by atoms with E-state index in [1.165, 1.54) is 4.90 Å². The molecule has 29 heavy (non-hydrogen) atoms. The standard InChI is InChI=1S/C24H19ClN2O2/c1-15-11-12-16(2)20(13-15)26-22-21(17-7-4-3-5-8-17)23(28)27(24(22)29)19-10-6-9-18(25)14-19/h3-14,26H,1-2H3. The number of benzene rings is 3. The summed E-state index contributed by atoms with van der Waals surface area (Å²) in [6.07, 6.45) is 0. The van der Waals surface area contributed by atoms with E-state index in [4.69, 9.17) is 11.6 Å². The number of rotatable bonds is 4. The second-order valence-corrected chi connectivity index (χ2v) is 7.42. The Kier molecular flexibility index (Phi) is 4.95. The van der Waals surface area contributed by atoms with E-state index in [1.54, 1.807) is 24.3 Å². The van der Waals surface area contributed by atoms with E-state index < -0.39 is 5.91 Å². The largest absolute Gasteiger partial charge is 0.350 e. The average Bonchev–Trinajstić information content (AvgIpc) is 2.95. The Morgan fingerprint density at radius 2 is 1.59 bits per heavy atom. The van der Waals surface area contributed by atoms with Crippen LogP contribution in [0.5, 0.6) is 0 Å². The van der Waals surface area contributed by atoms with Gasteiger partial charge in [-0.15, -0.1) is 0 Å². The Hall–Kier alpha value is -3.37. The number of nitrogens with one attached hydrogen (secondary N) is 1. The van der Waals surface area contributed by atoms with E-state index in [9.17, 15) is 9.59 Å². The van der Waals surface area contributed by atoms with Gasteiger partial charge in [0.25, 0.3) is 11.8 Å². The van der Waals surface area contributed by atoms with Crippen LogP contribution in [0.2, 0.25) is 5.02 Å². The molecule has 3 aromatic carbocycles. The Bertz CT molecular complexity index is 1150. The highest BCUT2D eigenvalue weighted by Crippen LogP contribution is 2.35. The maximum absolute atomic E-state index is 13.4. The normalized spacial score (nSPS) is 14.0. The summed E-state index contributed by atoms with van der Waals surface area (Å²) in [4.78, 5) is 27.9. The zero-order valence-electron chi connectivity index (χ0n) is 16.1. The fraction of sp³-hybridized carbons (Fsp3) is 0.0833. The van der Waals surface area contributed by atoms with Crippen molar-refractivity contribution >= 4 is 40.4 Å². The molecule has 0 saturated heterocycles. The lowest BCUT2D eigenvalue weighted by Crippen LogP contribution is -2.32. The quantitative estimate of drug-likeness (QED) is 0.598. The van der Waals surface area contributed by atoms with Crippen LogP contribution < -0.4 is 10.2 Å². The van der Waals surface area contributed by atoms with Crippen LogP contribution >= 0.6 is 11.6 Å². The number of halogens is 1. The predicted molar refractivity (Wildman–Crippen MR) is 117 cm³/mol. The van der Waals surface area contributed by atoms with Crippen LogP contribution in [0.3, 0.4) is 0 Å². The minimum atomic E-state index is -0.406. The van der Waals surface area contributed by atoms with Crippen LogP contribution in [0.25, 0.3) is 5.57 Å². The summed E-state index contributed by atoms with van der Waals surface area (Å²) >= 11 is 6.10. The third-order valence-corrected chi connectivity index (χ3v) is 5.10. The van der Waals surface area contributed by atoms with Gasteiger partial charge in [0, 0.05) is 10.7 Å². The molecular weight excluding hydrogens is 384 g/mol. The van der Waals surface area contributed by atoms with Crippen molar-refractivity contribution in [3.63, 3.8) is 0 Å². The van der Waals surface area contributed by atoms with E-state index in [2.05, 4.69) is 5.32 Å².